The van der Waals surface area contributed by atoms with Crippen molar-refractivity contribution in [1.29, 1.82) is 0 Å². The van der Waals surface area contributed by atoms with Gasteiger partial charge in [-0.05, 0) is 25.3 Å². The highest BCUT2D eigenvalue weighted by molar-refractivity contribution is 5.96. The van der Waals surface area contributed by atoms with Crippen LogP contribution in [0.4, 0.5) is 5.69 Å². The molecule has 2 rings (SSSR count). The molecule has 0 aliphatic carbocycles. The third-order valence-corrected chi connectivity index (χ3v) is 3.71. The first kappa shape index (κ1) is 14.5. The Kier molecular flexibility index (Phi) is 4.04. The number of hydrogen-bond donors (Lipinski definition) is 1. The molecule has 1 saturated heterocycles. The van der Waals surface area contributed by atoms with Crippen molar-refractivity contribution < 1.29 is 9.72 Å². The number of carbonyl (C=O) groups is 1. The van der Waals surface area contributed by atoms with Gasteiger partial charge in [0.25, 0.3) is 11.6 Å². The Labute approximate surface area is 117 Å². The van der Waals surface area contributed by atoms with Crippen LogP contribution in [0.5, 0.6) is 0 Å². The second kappa shape index (κ2) is 5.58. The number of amides is 1. The Bertz CT molecular complexity index is 534. The molecule has 108 valence electrons. The molecule has 0 radical (unpaired) electrons. The maximum atomic E-state index is 12.5. The fourth-order valence-electron chi connectivity index (χ4n) is 2.79. The predicted molar refractivity (Wildman–Crippen MR) is 75.5 cm³/mol. The van der Waals surface area contributed by atoms with Crippen LogP contribution in [0.1, 0.15) is 29.3 Å². The van der Waals surface area contributed by atoms with Crippen LogP contribution in [-0.2, 0) is 0 Å². The topological polar surface area (TPSA) is 89.5 Å². The third-order valence-electron chi connectivity index (χ3n) is 3.71. The summed E-state index contributed by atoms with van der Waals surface area (Å²) < 4.78 is 0. The van der Waals surface area contributed by atoms with E-state index in [1.165, 1.54) is 6.07 Å². The lowest BCUT2D eigenvalue weighted by Gasteiger charge is -2.35. The number of nitro groups is 1. The summed E-state index contributed by atoms with van der Waals surface area (Å²) in [6.07, 6.45) is 0.900. The van der Waals surface area contributed by atoms with Crippen molar-refractivity contribution in [2.24, 2.45) is 11.7 Å². The molecule has 1 amide bonds. The quantitative estimate of drug-likeness (QED) is 0.658. The molecule has 2 N–H and O–H groups in total. The summed E-state index contributed by atoms with van der Waals surface area (Å²) in [5.74, 6) is 0.176. The molecule has 20 heavy (non-hydrogen) atoms. The minimum atomic E-state index is -0.462. The zero-order chi connectivity index (χ0) is 14.9. The number of benzene rings is 1. The predicted octanol–water partition coefficient (Wildman–Crippen LogP) is 1.71. The van der Waals surface area contributed by atoms with Crippen LogP contribution in [-0.4, -0.2) is 34.9 Å². The van der Waals surface area contributed by atoms with Gasteiger partial charge in [0.15, 0.2) is 0 Å². The molecule has 0 spiro atoms. The summed E-state index contributed by atoms with van der Waals surface area (Å²) >= 11 is 0. The number of rotatable bonds is 2. The minimum Gasteiger partial charge on any atom is -0.337 e. The molecule has 0 aromatic heterocycles. The summed E-state index contributed by atoms with van der Waals surface area (Å²) in [6, 6.07) is 4.57. The highest BCUT2D eigenvalue weighted by Gasteiger charge is 2.28. The van der Waals surface area contributed by atoms with Gasteiger partial charge in [0.05, 0.1) is 4.92 Å². The average molecular weight is 277 g/mol. The van der Waals surface area contributed by atoms with Gasteiger partial charge in [0, 0.05) is 36.3 Å². The molecule has 2 unspecified atom stereocenters. The number of likely N-dealkylation sites (tertiary alicyclic amines) is 1. The lowest BCUT2D eigenvalue weighted by Crippen LogP contribution is -2.49. The Morgan fingerprint density at radius 1 is 1.45 bits per heavy atom. The van der Waals surface area contributed by atoms with Gasteiger partial charge in [-0.2, -0.15) is 0 Å². The highest BCUT2D eigenvalue weighted by Crippen LogP contribution is 2.24. The van der Waals surface area contributed by atoms with E-state index < -0.39 is 4.92 Å². The fraction of sp³-hybridized carbons (Fsp3) is 0.500. The molecule has 0 bridgehead atoms. The van der Waals surface area contributed by atoms with Crippen LogP contribution in [0, 0.1) is 23.0 Å². The Morgan fingerprint density at radius 3 is 2.75 bits per heavy atom. The van der Waals surface area contributed by atoms with Crippen LogP contribution in [0.2, 0.25) is 0 Å². The third kappa shape index (κ3) is 2.80. The van der Waals surface area contributed by atoms with Gasteiger partial charge >= 0.3 is 0 Å². The molecule has 1 aromatic carbocycles. The number of hydrogen-bond acceptors (Lipinski definition) is 4. The number of carbonyl (C=O) groups excluding carboxylic acids is 1. The van der Waals surface area contributed by atoms with Gasteiger partial charge in [0.1, 0.15) is 0 Å². The van der Waals surface area contributed by atoms with Gasteiger partial charge in [-0.15, -0.1) is 0 Å². The smallest absolute Gasteiger partial charge is 0.273 e. The minimum absolute atomic E-state index is 0.0230. The molecule has 1 fully saturated rings. The summed E-state index contributed by atoms with van der Waals surface area (Å²) in [5.41, 5.74) is 6.72. The summed E-state index contributed by atoms with van der Waals surface area (Å²) in [6.45, 7) is 4.82. The van der Waals surface area contributed by atoms with Crippen molar-refractivity contribution in [1.82, 2.24) is 4.90 Å². The first-order valence-corrected chi connectivity index (χ1v) is 6.69. The summed E-state index contributed by atoms with van der Waals surface area (Å²) in [5, 5.41) is 10.9. The van der Waals surface area contributed by atoms with Crippen LogP contribution in [0.15, 0.2) is 18.2 Å². The van der Waals surface area contributed by atoms with Gasteiger partial charge in [-0.25, -0.2) is 0 Å². The molecule has 1 aromatic rings. The van der Waals surface area contributed by atoms with Crippen molar-refractivity contribution in [3.63, 3.8) is 0 Å². The second-order valence-corrected chi connectivity index (χ2v) is 5.52. The lowest BCUT2D eigenvalue weighted by molar-refractivity contribution is -0.385. The zero-order valence-corrected chi connectivity index (χ0v) is 11.7. The normalized spacial score (nSPS) is 22.6. The van der Waals surface area contributed by atoms with Gasteiger partial charge in [-0.1, -0.05) is 13.0 Å². The maximum Gasteiger partial charge on any atom is 0.273 e. The van der Waals surface area contributed by atoms with E-state index in [-0.39, 0.29) is 17.6 Å². The molecule has 6 heteroatoms. The maximum absolute atomic E-state index is 12.5. The van der Waals surface area contributed by atoms with E-state index in [1.807, 2.05) is 0 Å². The van der Waals surface area contributed by atoms with E-state index in [4.69, 9.17) is 5.73 Å². The first-order valence-electron chi connectivity index (χ1n) is 6.69. The van der Waals surface area contributed by atoms with Crippen LogP contribution < -0.4 is 5.73 Å². The van der Waals surface area contributed by atoms with Crippen molar-refractivity contribution in [2.45, 2.75) is 26.3 Å². The molecule has 1 aliphatic rings. The van der Waals surface area contributed by atoms with E-state index in [9.17, 15) is 14.9 Å². The van der Waals surface area contributed by atoms with E-state index >= 15 is 0 Å². The SMILES string of the molecule is Cc1c(C(=O)N2CC(C)CC(N)C2)cccc1[N+](=O)[O-]. The largest absolute Gasteiger partial charge is 0.337 e. The highest BCUT2D eigenvalue weighted by atomic mass is 16.6. The summed E-state index contributed by atoms with van der Waals surface area (Å²) in [7, 11) is 0. The standard InChI is InChI=1S/C14H19N3O3/c1-9-6-11(15)8-16(7-9)14(18)12-4-3-5-13(10(12)2)17(19)20/h3-5,9,11H,6-8,15H2,1-2H3. The van der Waals surface area contributed by atoms with E-state index in [2.05, 4.69) is 6.92 Å². The fourth-order valence-corrected chi connectivity index (χ4v) is 2.79. The molecule has 0 saturated carbocycles. The Balaban J connectivity index is 2.29. The number of nitrogens with two attached hydrogens (primary N) is 1. The van der Waals surface area contributed by atoms with Crippen LogP contribution >= 0.6 is 0 Å². The molecule has 1 heterocycles. The lowest BCUT2D eigenvalue weighted by atomic mass is 9.95. The first-order chi connectivity index (χ1) is 9.40. The van der Waals surface area contributed by atoms with Gasteiger partial charge in [0.2, 0.25) is 0 Å². The van der Waals surface area contributed by atoms with E-state index in [0.717, 1.165) is 6.42 Å². The number of piperidine rings is 1. The van der Waals surface area contributed by atoms with Crippen molar-refractivity contribution >= 4 is 11.6 Å². The van der Waals surface area contributed by atoms with Crippen LogP contribution in [0.25, 0.3) is 0 Å². The van der Waals surface area contributed by atoms with Crippen molar-refractivity contribution in [2.75, 3.05) is 13.1 Å². The Morgan fingerprint density at radius 2 is 2.15 bits per heavy atom. The zero-order valence-electron chi connectivity index (χ0n) is 11.7. The van der Waals surface area contributed by atoms with E-state index in [0.29, 0.717) is 30.1 Å². The second-order valence-electron chi connectivity index (χ2n) is 5.52. The monoisotopic (exact) mass is 277 g/mol. The average Bonchev–Trinajstić information content (AvgIpc) is 2.36. The molecular formula is C14H19N3O3. The van der Waals surface area contributed by atoms with Crippen molar-refractivity contribution in [3.05, 3.63) is 39.4 Å². The molecule has 2 atom stereocenters. The van der Waals surface area contributed by atoms with E-state index in [1.54, 1.807) is 24.0 Å². The molecule has 1 aliphatic heterocycles. The number of nitro benzene ring substituents is 1. The molecular weight excluding hydrogens is 258 g/mol. The van der Waals surface area contributed by atoms with Crippen molar-refractivity contribution in [3.8, 4) is 0 Å². The Hall–Kier alpha value is -1.95. The summed E-state index contributed by atoms with van der Waals surface area (Å²) in [4.78, 5) is 24.7. The van der Waals surface area contributed by atoms with Crippen LogP contribution in [0.3, 0.4) is 0 Å². The molecule has 6 nitrogen and oxygen atoms in total. The van der Waals surface area contributed by atoms with Gasteiger partial charge < -0.3 is 10.6 Å². The van der Waals surface area contributed by atoms with Gasteiger partial charge in [-0.3, -0.25) is 14.9 Å². The number of nitrogens with zero attached hydrogens (tertiary/aromatic N) is 2.